The second-order valence-electron chi connectivity index (χ2n) is 4.41. The molecule has 110 valence electrons. The lowest BCUT2D eigenvalue weighted by atomic mass is 10.2. The second-order valence-corrected chi connectivity index (χ2v) is 4.41. The molecule has 0 fully saturated rings. The summed E-state index contributed by atoms with van der Waals surface area (Å²) in [6, 6.07) is 6.54. The highest BCUT2D eigenvalue weighted by molar-refractivity contribution is 6.04. The van der Waals surface area contributed by atoms with Crippen molar-refractivity contribution in [3.05, 3.63) is 53.7 Å². The Balaban J connectivity index is 2.17. The molecule has 0 saturated heterocycles. The van der Waals surface area contributed by atoms with Gasteiger partial charge in [-0.25, -0.2) is 13.8 Å². The summed E-state index contributed by atoms with van der Waals surface area (Å²) < 4.78 is 27.0. The standard InChI is InChI=1S/C15H15F2N3O/c1-2-8-18-14-13(17)12(7-9-19-14)15(21)20-11-5-3-10(16)4-6-11/h3-7,9H,2,8H2,1H3,(H,18,19)(H,20,21). The number of carbonyl (C=O) groups is 1. The molecule has 0 aliphatic heterocycles. The summed E-state index contributed by atoms with van der Waals surface area (Å²) >= 11 is 0. The van der Waals surface area contributed by atoms with Crippen LogP contribution in [0.15, 0.2) is 36.5 Å². The number of amides is 1. The molecule has 2 N–H and O–H groups in total. The second kappa shape index (κ2) is 6.78. The van der Waals surface area contributed by atoms with Gasteiger partial charge in [-0.05, 0) is 36.8 Å². The molecule has 1 heterocycles. The Kier molecular flexibility index (Phi) is 4.81. The van der Waals surface area contributed by atoms with Crippen LogP contribution in [-0.2, 0) is 0 Å². The molecule has 4 nitrogen and oxygen atoms in total. The fraction of sp³-hybridized carbons (Fsp3) is 0.200. The number of carbonyl (C=O) groups excluding carboxylic acids is 1. The van der Waals surface area contributed by atoms with Crippen LogP contribution in [0.4, 0.5) is 20.3 Å². The molecule has 0 atom stereocenters. The zero-order valence-electron chi connectivity index (χ0n) is 11.5. The molecule has 6 heteroatoms. The lowest BCUT2D eigenvalue weighted by Crippen LogP contribution is -2.16. The maximum absolute atomic E-state index is 14.2. The van der Waals surface area contributed by atoms with Crippen molar-refractivity contribution in [2.75, 3.05) is 17.2 Å². The Morgan fingerprint density at radius 1 is 1.19 bits per heavy atom. The fourth-order valence-electron chi connectivity index (χ4n) is 1.72. The number of hydrogen-bond donors (Lipinski definition) is 2. The quantitative estimate of drug-likeness (QED) is 0.887. The van der Waals surface area contributed by atoms with E-state index in [9.17, 15) is 13.6 Å². The average Bonchev–Trinajstić information content (AvgIpc) is 2.48. The van der Waals surface area contributed by atoms with Crippen LogP contribution in [0.5, 0.6) is 0 Å². The van der Waals surface area contributed by atoms with E-state index in [0.29, 0.717) is 12.2 Å². The minimum atomic E-state index is -0.703. The first-order valence-electron chi connectivity index (χ1n) is 6.57. The molecule has 1 aromatic carbocycles. The van der Waals surface area contributed by atoms with Crippen molar-refractivity contribution >= 4 is 17.4 Å². The van der Waals surface area contributed by atoms with Gasteiger partial charge in [-0.3, -0.25) is 4.79 Å². The van der Waals surface area contributed by atoms with Crippen LogP contribution in [-0.4, -0.2) is 17.4 Å². The van der Waals surface area contributed by atoms with Crippen molar-refractivity contribution in [1.29, 1.82) is 0 Å². The maximum atomic E-state index is 14.2. The van der Waals surface area contributed by atoms with Crippen LogP contribution in [0.2, 0.25) is 0 Å². The van der Waals surface area contributed by atoms with E-state index >= 15 is 0 Å². The van der Waals surface area contributed by atoms with Gasteiger partial charge in [0.15, 0.2) is 11.6 Å². The van der Waals surface area contributed by atoms with Gasteiger partial charge >= 0.3 is 0 Å². The van der Waals surface area contributed by atoms with Gasteiger partial charge in [-0.1, -0.05) is 6.92 Å². The summed E-state index contributed by atoms with van der Waals surface area (Å²) in [7, 11) is 0. The predicted octanol–water partition coefficient (Wildman–Crippen LogP) is 3.43. The van der Waals surface area contributed by atoms with Crippen LogP contribution in [0.25, 0.3) is 0 Å². The Morgan fingerprint density at radius 3 is 2.57 bits per heavy atom. The highest BCUT2D eigenvalue weighted by Gasteiger charge is 2.16. The van der Waals surface area contributed by atoms with Gasteiger partial charge < -0.3 is 10.6 Å². The van der Waals surface area contributed by atoms with E-state index in [4.69, 9.17) is 0 Å². The van der Waals surface area contributed by atoms with Crippen LogP contribution in [0.3, 0.4) is 0 Å². The molecule has 1 aromatic heterocycles. The predicted molar refractivity (Wildman–Crippen MR) is 77.3 cm³/mol. The number of nitrogens with zero attached hydrogens (tertiary/aromatic N) is 1. The van der Waals surface area contributed by atoms with Crippen molar-refractivity contribution in [2.24, 2.45) is 0 Å². The summed E-state index contributed by atoms with van der Waals surface area (Å²) in [6.07, 6.45) is 2.17. The molecular weight excluding hydrogens is 276 g/mol. The summed E-state index contributed by atoms with van der Waals surface area (Å²) in [5.74, 6) is -1.68. The van der Waals surface area contributed by atoms with Gasteiger partial charge in [0.25, 0.3) is 5.91 Å². The Morgan fingerprint density at radius 2 is 1.90 bits per heavy atom. The number of pyridine rings is 1. The van der Waals surface area contributed by atoms with E-state index in [0.717, 1.165) is 6.42 Å². The molecule has 2 aromatic rings. The van der Waals surface area contributed by atoms with Crippen LogP contribution < -0.4 is 10.6 Å². The number of rotatable bonds is 5. The number of aromatic nitrogens is 1. The lowest BCUT2D eigenvalue weighted by molar-refractivity contribution is 0.102. The molecule has 0 saturated carbocycles. The van der Waals surface area contributed by atoms with Crippen LogP contribution in [0.1, 0.15) is 23.7 Å². The third-order valence-corrected chi connectivity index (χ3v) is 2.78. The topological polar surface area (TPSA) is 54.0 Å². The first-order chi connectivity index (χ1) is 10.1. The van der Waals surface area contributed by atoms with Crippen LogP contribution >= 0.6 is 0 Å². The summed E-state index contributed by atoms with van der Waals surface area (Å²) in [4.78, 5) is 15.9. The third kappa shape index (κ3) is 3.75. The minimum absolute atomic E-state index is 0.0450. The summed E-state index contributed by atoms with van der Waals surface area (Å²) in [5.41, 5.74) is 0.272. The van der Waals surface area contributed by atoms with E-state index < -0.39 is 17.5 Å². The van der Waals surface area contributed by atoms with E-state index in [-0.39, 0.29) is 11.4 Å². The molecule has 1 amide bonds. The molecule has 2 rings (SSSR count). The molecule has 0 spiro atoms. The first kappa shape index (κ1) is 14.9. The van der Waals surface area contributed by atoms with Gasteiger partial charge in [0.2, 0.25) is 0 Å². The van der Waals surface area contributed by atoms with Gasteiger partial charge in [0.05, 0.1) is 5.56 Å². The van der Waals surface area contributed by atoms with Crippen molar-refractivity contribution < 1.29 is 13.6 Å². The van der Waals surface area contributed by atoms with Crippen molar-refractivity contribution in [2.45, 2.75) is 13.3 Å². The third-order valence-electron chi connectivity index (χ3n) is 2.78. The fourth-order valence-corrected chi connectivity index (χ4v) is 1.72. The molecule has 0 radical (unpaired) electrons. The Hall–Kier alpha value is -2.50. The normalized spacial score (nSPS) is 10.2. The smallest absolute Gasteiger partial charge is 0.258 e. The van der Waals surface area contributed by atoms with Gasteiger partial charge in [-0.15, -0.1) is 0 Å². The van der Waals surface area contributed by atoms with Crippen molar-refractivity contribution in [1.82, 2.24) is 4.98 Å². The van der Waals surface area contributed by atoms with Gasteiger partial charge in [-0.2, -0.15) is 0 Å². The number of anilines is 2. The molecule has 0 aliphatic rings. The monoisotopic (exact) mass is 291 g/mol. The Labute approximate surface area is 121 Å². The summed E-state index contributed by atoms with van der Waals surface area (Å²) in [5, 5.41) is 5.32. The van der Waals surface area contributed by atoms with E-state index in [1.165, 1.54) is 36.5 Å². The first-order valence-corrected chi connectivity index (χ1v) is 6.57. The zero-order chi connectivity index (χ0) is 15.2. The molecule has 21 heavy (non-hydrogen) atoms. The van der Waals surface area contributed by atoms with Crippen molar-refractivity contribution in [3.8, 4) is 0 Å². The molecule has 0 unspecified atom stereocenters. The molecule has 0 aliphatic carbocycles. The van der Waals surface area contributed by atoms with Gasteiger partial charge in [0.1, 0.15) is 5.82 Å². The number of benzene rings is 1. The molecule has 0 bridgehead atoms. The van der Waals surface area contributed by atoms with E-state index in [1.807, 2.05) is 6.92 Å². The average molecular weight is 291 g/mol. The molecular formula is C15H15F2N3O. The van der Waals surface area contributed by atoms with E-state index in [1.54, 1.807) is 0 Å². The lowest BCUT2D eigenvalue weighted by Gasteiger charge is -2.09. The number of hydrogen-bond acceptors (Lipinski definition) is 3. The maximum Gasteiger partial charge on any atom is 0.258 e. The highest BCUT2D eigenvalue weighted by atomic mass is 19.1. The largest absolute Gasteiger partial charge is 0.368 e. The number of nitrogens with one attached hydrogen (secondary N) is 2. The zero-order valence-corrected chi connectivity index (χ0v) is 11.5. The summed E-state index contributed by atoms with van der Waals surface area (Å²) in [6.45, 7) is 2.50. The van der Waals surface area contributed by atoms with E-state index in [2.05, 4.69) is 15.6 Å². The number of halogens is 2. The van der Waals surface area contributed by atoms with Crippen molar-refractivity contribution in [3.63, 3.8) is 0 Å². The minimum Gasteiger partial charge on any atom is -0.368 e. The highest BCUT2D eigenvalue weighted by Crippen LogP contribution is 2.17. The van der Waals surface area contributed by atoms with Crippen LogP contribution in [0, 0.1) is 11.6 Å². The van der Waals surface area contributed by atoms with Gasteiger partial charge in [0, 0.05) is 18.4 Å². The Bertz CT molecular complexity index is 629. The SMILES string of the molecule is CCCNc1nccc(C(=O)Nc2ccc(F)cc2)c1F.